The van der Waals surface area contributed by atoms with E-state index < -0.39 is 11.7 Å². The molecule has 9 nitrogen and oxygen atoms in total. The molecule has 0 spiro atoms. The van der Waals surface area contributed by atoms with Gasteiger partial charge in [-0.15, -0.1) is 10.2 Å². The zero-order chi connectivity index (χ0) is 24.5. The van der Waals surface area contributed by atoms with Crippen LogP contribution in [-0.4, -0.2) is 66.3 Å². The summed E-state index contributed by atoms with van der Waals surface area (Å²) < 4.78 is 24.7. The molecule has 2 aromatic carbocycles. The molecule has 1 aromatic heterocycles. The maximum atomic E-state index is 13.7. The van der Waals surface area contributed by atoms with Gasteiger partial charge in [0.15, 0.2) is 5.01 Å². The van der Waals surface area contributed by atoms with E-state index in [-0.39, 0.29) is 23.2 Å². The summed E-state index contributed by atoms with van der Waals surface area (Å²) in [5, 5.41) is 13.8. The summed E-state index contributed by atoms with van der Waals surface area (Å²) in [5.74, 6) is -0.646. The molecule has 1 fully saturated rings. The maximum Gasteiger partial charge on any atom is 0.286 e. The molecular formula is C24H26FN5O4S. The second-order valence-electron chi connectivity index (χ2n) is 7.81. The van der Waals surface area contributed by atoms with Crippen molar-refractivity contribution in [3.63, 3.8) is 0 Å². The van der Waals surface area contributed by atoms with E-state index in [2.05, 4.69) is 25.7 Å². The number of carbonyl (C=O) groups is 2. The second-order valence-corrected chi connectivity index (χ2v) is 8.87. The van der Waals surface area contributed by atoms with Gasteiger partial charge in [0.05, 0.1) is 18.9 Å². The molecule has 2 N–H and O–H groups in total. The van der Waals surface area contributed by atoms with Crippen LogP contribution in [0.2, 0.25) is 0 Å². The van der Waals surface area contributed by atoms with Crippen molar-refractivity contribution >= 4 is 28.8 Å². The van der Waals surface area contributed by atoms with Gasteiger partial charge in [0.2, 0.25) is 5.01 Å². The molecule has 0 atom stereocenters. The van der Waals surface area contributed by atoms with E-state index in [0.717, 1.165) is 50.6 Å². The Balaban J connectivity index is 1.20. The van der Waals surface area contributed by atoms with Crippen molar-refractivity contribution in [2.24, 2.45) is 0 Å². The highest BCUT2D eigenvalue weighted by molar-refractivity contribution is 7.13. The van der Waals surface area contributed by atoms with E-state index in [1.165, 1.54) is 18.2 Å². The lowest BCUT2D eigenvalue weighted by Gasteiger charge is -2.26. The van der Waals surface area contributed by atoms with Crippen molar-refractivity contribution in [1.82, 2.24) is 20.4 Å². The van der Waals surface area contributed by atoms with Crippen LogP contribution in [-0.2, 0) is 11.3 Å². The quantitative estimate of drug-likeness (QED) is 0.413. The van der Waals surface area contributed by atoms with Crippen LogP contribution in [0.3, 0.4) is 0 Å². The third-order valence-corrected chi connectivity index (χ3v) is 6.20. The van der Waals surface area contributed by atoms with Crippen LogP contribution in [0.15, 0.2) is 48.5 Å². The highest BCUT2D eigenvalue weighted by atomic mass is 32.1. The van der Waals surface area contributed by atoms with Crippen molar-refractivity contribution in [2.45, 2.75) is 13.0 Å². The minimum atomic E-state index is -0.542. The zero-order valence-electron chi connectivity index (χ0n) is 19.0. The van der Waals surface area contributed by atoms with Gasteiger partial charge in [0.1, 0.15) is 18.2 Å². The minimum absolute atomic E-state index is 0.0757. The largest absolute Gasteiger partial charge is 0.486 e. The lowest BCUT2D eigenvalue weighted by atomic mass is 10.2. The Bertz CT molecular complexity index is 1130. The maximum absolute atomic E-state index is 13.7. The number of hydrogen-bond donors (Lipinski definition) is 2. The molecule has 2 amide bonds. The van der Waals surface area contributed by atoms with Crippen LogP contribution in [0.1, 0.15) is 31.6 Å². The molecule has 1 aliphatic rings. The molecule has 0 aliphatic carbocycles. The van der Waals surface area contributed by atoms with Crippen LogP contribution >= 0.6 is 11.3 Å². The first-order valence-electron chi connectivity index (χ1n) is 11.3. The SMILES string of the molecule is O=C(NCCCN1CCOCC1)c1ccc(OCc2nnc(C(=O)Nc3ccccc3F)s2)cc1. The Morgan fingerprint density at radius 2 is 1.83 bits per heavy atom. The van der Waals surface area contributed by atoms with Gasteiger partial charge in [-0.3, -0.25) is 14.5 Å². The molecule has 4 rings (SSSR count). The lowest BCUT2D eigenvalue weighted by Crippen LogP contribution is -2.38. The van der Waals surface area contributed by atoms with Crippen LogP contribution in [0.5, 0.6) is 5.75 Å². The van der Waals surface area contributed by atoms with E-state index in [1.54, 1.807) is 30.3 Å². The topological polar surface area (TPSA) is 106 Å². The normalized spacial score (nSPS) is 13.9. The molecule has 184 valence electrons. The molecule has 2 heterocycles. The van der Waals surface area contributed by atoms with E-state index in [0.29, 0.717) is 22.9 Å². The Hall–Kier alpha value is -3.41. The predicted molar refractivity (Wildman–Crippen MR) is 129 cm³/mol. The van der Waals surface area contributed by atoms with Gasteiger partial charge in [-0.05, 0) is 49.4 Å². The highest BCUT2D eigenvalue weighted by Gasteiger charge is 2.15. The van der Waals surface area contributed by atoms with Crippen molar-refractivity contribution in [3.05, 3.63) is 69.9 Å². The first kappa shape index (κ1) is 24.7. The highest BCUT2D eigenvalue weighted by Crippen LogP contribution is 2.18. The summed E-state index contributed by atoms with van der Waals surface area (Å²) in [6, 6.07) is 12.7. The Morgan fingerprint density at radius 3 is 2.60 bits per heavy atom. The lowest BCUT2D eigenvalue weighted by molar-refractivity contribution is 0.0374. The molecule has 0 saturated carbocycles. The van der Waals surface area contributed by atoms with Crippen LogP contribution in [0.4, 0.5) is 10.1 Å². The number of amides is 2. The number of hydrogen-bond acceptors (Lipinski definition) is 8. The minimum Gasteiger partial charge on any atom is -0.486 e. The summed E-state index contributed by atoms with van der Waals surface area (Å²) in [6.07, 6.45) is 0.884. The van der Waals surface area contributed by atoms with Gasteiger partial charge in [0, 0.05) is 25.2 Å². The van der Waals surface area contributed by atoms with Crippen LogP contribution < -0.4 is 15.4 Å². The number of nitrogens with one attached hydrogen (secondary N) is 2. The van der Waals surface area contributed by atoms with E-state index in [9.17, 15) is 14.0 Å². The number of ether oxygens (including phenoxy) is 2. The Labute approximate surface area is 206 Å². The van der Waals surface area contributed by atoms with E-state index in [4.69, 9.17) is 9.47 Å². The van der Waals surface area contributed by atoms with Gasteiger partial charge in [0.25, 0.3) is 11.8 Å². The number of para-hydroxylation sites is 1. The Kier molecular flexibility index (Phi) is 8.71. The number of benzene rings is 2. The number of morpholine rings is 1. The van der Waals surface area contributed by atoms with Crippen molar-refractivity contribution < 1.29 is 23.5 Å². The van der Waals surface area contributed by atoms with Crippen molar-refractivity contribution in [1.29, 1.82) is 0 Å². The molecule has 3 aromatic rings. The second kappa shape index (κ2) is 12.3. The third-order valence-electron chi connectivity index (χ3n) is 5.30. The number of carbonyl (C=O) groups excluding carboxylic acids is 2. The van der Waals surface area contributed by atoms with E-state index in [1.807, 2.05) is 0 Å². The van der Waals surface area contributed by atoms with Gasteiger partial charge in [-0.2, -0.15) is 0 Å². The Morgan fingerprint density at radius 1 is 1.06 bits per heavy atom. The number of halogens is 1. The summed E-state index contributed by atoms with van der Waals surface area (Å²) in [6.45, 7) is 5.07. The van der Waals surface area contributed by atoms with Crippen molar-refractivity contribution in [2.75, 3.05) is 44.7 Å². The molecule has 1 aliphatic heterocycles. The monoisotopic (exact) mass is 499 g/mol. The first-order valence-corrected chi connectivity index (χ1v) is 12.1. The molecule has 0 bridgehead atoms. The smallest absolute Gasteiger partial charge is 0.286 e. The number of anilines is 1. The number of rotatable bonds is 10. The van der Waals surface area contributed by atoms with Crippen LogP contribution in [0, 0.1) is 5.82 Å². The number of aromatic nitrogens is 2. The molecule has 0 radical (unpaired) electrons. The summed E-state index contributed by atoms with van der Waals surface area (Å²) in [7, 11) is 0. The van der Waals surface area contributed by atoms with Gasteiger partial charge >= 0.3 is 0 Å². The summed E-state index contributed by atoms with van der Waals surface area (Å²) in [5.41, 5.74) is 0.624. The molecule has 35 heavy (non-hydrogen) atoms. The average Bonchev–Trinajstić information content (AvgIpc) is 3.37. The summed E-state index contributed by atoms with van der Waals surface area (Å²) in [4.78, 5) is 26.9. The fourth-order valence-electron chi connectivity index (χ4n) is 3.42. The average molecular weight is 500 g/mol. The molecule has 1 saturated heterocycles. The fraction of sp³-hybridized carbons (Fsp3) is 0.333. The standard InChI is InChI=1S/C24H26FN5O4S/c25-19-4-1-2-5-20(19)27-23(32)24-29-28-21(35-24)16-34-18-8-6-17(7-9-18)22(31)26-10-3-11-30-12-14-33-15-13-30/h1-2,4-9H,3,10-16H2,(H,26,31)(H,27,32). The first-order chi connectivity index (χ1) is 17.1. The molecule has 11 heteroatoms. The van der Waals surface area contributed by atoms with Gasteiger partial charge < -0.3 is 20.1 Å². The zero-order valence-corrected chi connectivity index (χ0v) is 19.9. The van der Waals surface area contributed by atoms with Gasteiger partial charge in [-0.25, -0.2) is 4.39 Å². The van der Waals surface area contributed by atoms with Crippen molar-refractivity contribution in [3.8, 4) is 5.75 Å². The van der Waals surface area contributed by atoms with E-state index >= 15 is 0 Å². The van der Waals surface area contributed by atoms with Crippen LogP contribution in [0.25, 0.3) is 0 Å². The third kappa shape index (κ3) is 7.28. The summed E-state index contributed by atoms with van der Waals surface area (Å²) >= 11 is 1.06. The fourth-order valence-corrected chi connectivity index (χ4v) is 4.07. The number of nitrogens with zero attached hydrogens (tertiary/aromatic N) is 3. The van der Waals surface area contributed by atoms with Gasteiger partial charge in [-0.1, -0.05) is 23.5 Å². The molecule has 0 unspecified atom stereocenters. The predicted octanol–water partition coefficient (Wildman–Crippen LogP) is 2.96. The molecular weight excluding hydrogens is 473 g/mol.